The van der Waals surface area contributed by atoms with Crippen molar-refractivity contribution in [1.82, 2.24) is 0 Å². The van der Waals surface area contributed by atoms with Gasteiger partial charge in [0.15, 0.2) is 0 Å². The third-order valence-corrected chi connectivity index (χ3v) is 3.78. The van der Waals surface area contributed by atoms with Gasteiger partial charge in [-0.2, -0.15) is 0 Å². The van der Waals surface area contributed by atoms with E-state index in [1.807, 2.05) is 24.3 Å². The molecule has 1 N–H and O–H groups in total. The fourth-order valence-electron chi connectivity index (χ4n) is 2.08. The summed E-state index contributed by atoms with van der Waals surface area (Å²) in [5.74, 6) is 0.563. The molecule has 3 aromatic carbocycles. The molecule has 120 valence electrons. The highest BCUT2D eigenvalue weighted by Gasteiger charge is 2.07. The van der Waals surface area contributed by atoms with Gasteiger partial charge in [-0.25, -0.2) is 4.39 Å². The summed E-state index contributed by atoms with van der Waals surface area (Å²) in [7, 11) is 0. The van der Waals surface area contributed by atoms with Gasteiger partial charge in [-0.3, -0.25) is 4.79 Å². The van der Waals surface area contributed by atoms with Crippen molar-refractivity contribution in [3.8, 4) is 11.5 Å². The molecule has 3 rings (SSSR count). The van der Waals surface area contributed by atoms with Crippen LogP contribution in [0.2, 0.25) is 0 Å². The average molecular weight is 386 g/mol. The molecule has 0 unspecified atom stereocenters. The van der Waals surface area contributed by atoms with Gasteiger partial charge in [0, 0.05) is 15.7 Å². The molecule has 3 nitrogen and oxygen atoms in total. The van der Waals surface area contributed by atoms with Crippen LogP contribution in [0.15, 0.2) is 77.3 Å². The van der Waals surface area contributed by atoms with Crippen LogP contribution in [0.4, 0.5) is 10.1 Å². The van der Waals surface area contributed by atoms with Crippen molar-refractivity contribution in [2.75, 3.05) is 5.32 Å². The van der Waals surface area contributed by atoms with Gasteiger partial charge in [0.2, 0.25) is 0 Å². The fraction of sp³-hybridized carbons (Fsp3) is 0. The van der Waals surface area contributed by atoms with Crippen molar-refractivity contribution in [2.45, 2.75) is 0 Å². The Labute approximate surface area is 147 Å². The van der Waals surface area contributed by atoms with E-state index in [2.05, 4.69) is 21.2 Å². The number of halogens is 2. The monoisotopic (exact) mass is 385 g/mol. The first-order valence-electron chi connectivity index (χ1n) is 7.20. The van der Waals surface area contributed by atoms with Crippen LogP contribution in [0, 0.1) is 5.82 Å². The van der Waals surface area contributed by atoms with E-state index in [-0.39, 0.29) is 11.5 Å². The van der Waals surface area contributed by atoms with Crippen molar-refractivity contribution in [1.29, 1.82) is 0 Å². The Balaban J connectivity index is 1.66. The number of nitrogens with one attached hydrogen (secondary N) is 1. The third kappa shape index (κ3) is 4.20. The summed E-state index contributed by atoms with van der Waals surface area (Å²) in [5, 5.41) is 2.72. The molecule has 0 aliphatic carbocycles. The van der Waals surface area contributed by atoms with Crippen LogP contribution < -0.4 is 10.1 Å². The van der Waals surface area contributed by atoms with E-state index in [4.69, 9.17) is 4.74 Å². The van der Waals surface area contributed by atoms with Crippen LogP contribution in [0.1, 0.15) is 10.4 Å². The molecule has 0 aliphatic rings. The Morgan fingerprint density at radius 3 is 2.17 bits per heavy atom. The maximum atomic E-state index is 13.2. The first kappa shape index (κ1) is 16.2. The molecule has 0 saturated carbocycles. The second-order valence-electron chi connectivity index (χ2n) is 5.04. The van der Waals surface area contributed by atoms with Crippen LogP contribution in [-0.4, -0.2) is 5.91 Å². The Hall–Kier alpha value is -2.66. The highest BCUT2D eigenvalue weighted by molar-refractivity contribution is 9.10. The van der Waals surface area contributed by atoms with Crippen molar-refractivity contribution in [2.24, 2.45) is 0 Å². The predicted molar refractivity (Wildman–Crippen MR) is 95.0 cm³/mol. The number of amides is 1. The molecule has 0 aromatic heterocycles. The van der Waals surface area contributed by atoms with Gasteiger partial charge >= 0.3 is 0 Å². The Kier molecular flexibility index (Phi) is 4.91. The standard InChI is InChI=1S/C19H13BrFNO2/c20-14-4-8-17(9-5-14)24-18-10-6-16(7-11-18)22-19(23)13-2-1-3-15(21)12-13/h1-12H,(H,22,23). The third-order valence-electron chi connectivity index (χ3n) is 3.25. The number of carbonyl (C=O) groups excluding carboxylic acids is 1. The summed E-state index contributed by atoms with van der Waals surface area (Å²) in [6.07, 6.45) is 0. The van der Waals surface area contributed by atoms with Gasteiger partial charge in [-0.05, 0) is 66.7 Å². The lowest BCUT2D eigenvalue weighted by atomic mass is 10.2. The maximum absolute atomic E-state index is 13.2. The maximum Gasteiger partial charge on any atom is 0.255 e. The molecule has 0 saturated heterocycles. The summed E-state index contributed by atoms with van der Waals surface area (Å²) in [5.41, 5.74) is 0.873. The van der Waals surface area contributed by atoms with Crippen LogP contribution in [0.5, 0.6) is 11.5 Å². The minimum Gasteiger partial charge on any atom is -0.457 e. The van der Waals surface area contributed by atoms with Crippen molar-refractivity contribution >= 4 is 27.5 Å². The summed E-state index contributed by atoms with van der Waals surface area (Å²) in [6, 6.07) is 20.0. The number of carbonyl (C=O) groups is 1. The smallest absolute Gasteiger partial charge is 0.255 e. The van der Waals surface area contributed by atoms with Crippen LogP contribution in [0.3, 0.4) is 0 Å². The lowest BCUT2D eigenvalue weighted by molar-refractivity contribution is 0.102. The van der Waals surface area contributed by atoms with E-state index < -0.39 is 5.82 Å². The minimum absolute atomic E-state index is 0.269. The summed E-state index contributed by atoms with van der Waals surface area (Å²) in [4.78, 5) is 12.1. The summed E-state index contributed by atoms with van der Waals surface area (Å²) < 4.78 is 19.8. The van der Waals surface area contributed by atoms with Crippen LogP contribution >= 0.6 is 15.9 Å². The van der Waals surface area contributed by atoms with Crippen LogP contribution in [-0.2, 0) is 0 Å². The van der Waals surface area contributed by atoms with Gasteiger partial charge in [-0.1, -0.05) is 22.0 Å². The van der Waals surface area contributed by atoms with Crippen molar-refractivity contribution in [3.63, 3.8) is 0 Å². The van der Waals surface area contributed by atoms with Crippen LogP contribution in [0.25, 0.3) is 0 Å². The molecule has 24 heavy (non-hydrogen) atoms. The molecule has 0 fully saturated rings. The Morgan fingerprint density at radius 1 is 0.917 bits per heavy atom. The summed E-state index contributed by atoms with van der Waals surface area (Å²) >= 11 is 3.37. The van der Waals surface area contributed by atoms with E-state index in [0.717, 1.165) is 10.2 Å². The van der Waals surface area contributed by atoms with Gasteiger partial charge in [0.1, 0.15) is 17.3 Å². The number of hydrogen-bond acceptors (Lipinski definition) is 2. The second-order valence-corrected chi connectivity index (χ2v) is 5.96. The number of ether oxygens (including phenoxy) is 1. The Morgan fingerprint density at radius 2 is 1.54 bits per heavy atom. The molecule has 0 aliphatic heterocycles. The molecule has 1 amide bonds. The van der Waals surface area contributed by atoms with Gasteiger partial charge < -0.3 is 10.1 Å². The highest BCUT2D eigenvalue weighted by atomic mass is 79.9. The lowest BCUT2D eigenvalue weighted by Gasteiger charge is -2.08. The van der Waals surface area contributed by atoms with E-state index in [0.29, 0.717) is 11.4 Å². The predicted octanol–water partition coefficient (Wildman–Crippen LogP) is 5.63. The number of hydrogen-bond donors (Lipinski definition) is 1. The number of rotatable bonds is 4. The largest absolute Gasteiger partial charge is 0.457 e. The average Bonchev–Trinajstić information content (AvgIpc) is 2.59. The first-order valence-corrected chi connectivity index (χ1v) is 8.00. The minimum atomic E-state index is -0.444. The first-order chi connectivity index (χ1) is 11.6. The van der Waals surface area contributed by atoms with E-state index in [9.17, 15) is 9.18 Å². The molecular formula is C19H13BrFNO2. The van der Waals surface area contributed by atoms with Gasteiger partial charge in [0.05, 0.1) is 0 Å². The highest BCUT2D eigenvalue weighted by Crippen LogP contribution is 2.24. The summed E-state index contributed by atoms with van der Waals surface area (Å²) in [6.45, 7) is 0. The lowest BCUT2D eigenvalue weighted by Crippen LogP contribution is -2.11. The van der Waals surface area contributed by atoms with Gasteiger partial charge in [0.25, 0.3) is 5.91 Å². The normalized spacial score (nSPS) is 10.2. The molecule has 3 aromatic rings. The van der Waals surface area contributed by atoms with Gasteiger partial charge in [-0.15, -0.1) is 0 Å². The topological polar surface area (TPSA) is 38.3 Å². The SMILES string of the molecule is O=C(Nc1ccc(Oc2ccc(Br)cc2)cc1)c1cccc(F)c1. The van der Waals surface area contributed by atoms with Crippen molar-refractivity contribution in [3.05, 3.63) is 88.6 Å². The van der Waals surface area contributed by atoms with E-state index >= 15 is 0 Å². The molecular weight excluding hydrogens is 373 g/mol. The second kappa shape index (κ2) is 7.27. The fourth-order valence-corrected chi connectivity index (χ4v) is 2.34. The number of benzene rings is 3. The molecule has 0 heterocycles. The van der Waals surface area contributed by atoms with E-state index in [1.165, 1.54) is 18.2 Å². The Bertz CT molecular complexity index is 848. The van der Waals surface area contributed by atoms with Crippen molar-refractivity contribution < 1.29 is 13.9 Å². The molecule has 0 spiro atoms. The number of anilines is 1. The molecule has 5 heteroatoms. The van der Waals surface area contributed by atoms with E-state index in [1.54, 1.807) is 30.3 Å². The molecule has 0 bridgehead atoms. The molecule has 0 radical (unpaired) electrons. The molecule has 0 atom stereocenters. The zero-order valence-electron chi connectivity index (χ0n) is 12.5. The zero-order chi connectivity index (χ0) is 16.9. The quantitative estimate of drug-likeness (QED) is 0.631. The zero-order valence-corrected chi connectivity index (χ0v) is 14.1.